The predicted octanol–water partition coefficient (Wildman–Crippen LogP) is 5.65. The Bertz CT molecular complexity index is 1340. The van der Waals surface area contributed by atoms with Crippen molar-refractivity contribution in [2.24, 2.45) is 5.92 Å². The molecule has 1 amide bonds. The molecule has 9 nitrogen and oxygen atoms in total. The highest BCUT2D eigenvalue weighted by Crippen LogP contribution is 2.43. The Hall–Kier alpha value is -3.70. The van der Waals surface area contributed by atoms with Gasteiger partial charge in [-0.15, -0.1) is 11.8 Å². The third-order valence-corrected chi connectivity index (χ3v) is 8.07. The summed E-state index contributed by atoms with van der Waals surface area (Å²) in [6.07, 6.45) is -1.01. The zero-order valence-corrected chi connectivity index (χ0v) is 23.4. The van der Waals surface area contributed by atoms with Crippen LogP contribution in [-0.4, -0.2) is 45.0 Å². The molecule has 4 atom stereocenters. The van der Waals surface area contributed by atoms with Crippen molar-refractivity contribution in [1.82, 2.24) is 0 Å². The van der Waals surface area contributed by atoms with E-state index in [9.17, 15) is 24.6 Å². The van der Waals surface area contributed by atoms with Gasteiger partial charge in [0.1, 0.15) is 0 Å². The smallest absolute Gasteiger partial charge is 0.336 e. The molecule has 0 radical (unpaired) electrons. The van der Waals surface area contributed by atoms with E-state index >= 15 is 0 Å². The summed E-state index contributed by atoms with van der Waals surface area (Å²) in [5.41, 5.74) is 3.30. The van der Waals surface area contributed by atoms with Gasteiger partial charge in [0, 0.05) is 40.7 Å². The summed E-state index contributed by atoms with van der Waals surface area (Å²) in [7, 11) is 0. The van der Waals surface area contributed by atoms with Crippen LogP contribution in [0.25, 0.3) is 0 Å². The standard InChI is InChI=1S/C31H33NO8S/c1-19-25(18-41-26-6-3-2-5-24(26)30(37)38)39-31(40-29(19)21-11-9-20(17-33)10-12-21)22-13-15-23(16-14-22)32-27(34)7-4-8-28(35)36/h2-3,5-6,9-16,19,25,29,31,33H,4,7-8,17-18H2,1H3,(H,32,34)(H,35,36)(H,37,38)/t19-,25+,29+,31+/m1/s1. The second-order valence-corrected chi connectivity index (χ2v) is 10.9. The molecule has 1 aliphatic heterocycles. The minimum absolute atomic E-state index is 0.0577. The van der Waals surface area contributed by atoms with Gasteiger partial charge >= 0.3 is 11.9 Å². The average molecular weight is 580 g/mol. The first-order valence-electron chi connectivity index (χ1n) is 13.3. The first-order valence-corrected chi connectivity index (χ1v) is 14.3. The topological polar surface area (TPSA) is 142 Å². The fraction of sp³-hybridized carbons (Fsp3) is 0.323. The molecule has 1 saturated heterocycles. The lowest BCUT2D eigenvalue weighted by atomic mass is 9.91. The number of nitrogens with one attached hydrogen (secondary N) is 1. The summed E-state index contributed by atoms with van der Waals surface area (Å²) in [5, 5.41) is 30.6. The number of thioether (sulfide) groups is 1. The van der Waals surface area contributed by atoms with E-state index in [0.29, 0.717) is 16.3 Å². The second-order valence-electron chi connectivity index (χ2n) is 9.85. The number of aliphatic carboxylic acids is 1. The minimum Gasteiger partial charge on any atom is -0.481 e. The Morgan fingerprint density at radius 1 is 0.878 bits per heavy atom. The highest BCUT2D eigenvalue weighted by molar-refractivity contribution is 7.99. The molecule has 0 aliphatic carbocycles. The van der Waals surface area contributed by atoms with Crippen LogP contribution in [0.1, 0.15) is 65.6 Å². The number of carbonyl (C=O) groups excluding carboxylic acids is 1. The molecule has 0 aromatic heterocycles. The molecule has 4 N–H and O–H groups in total. The third kappa shape index (κ3) is 8.17. The van der Waals surface area contributed by atoms with Gasteiger partial charge in [-0.05, 0) is 41.8 Å². The van der Waals surface area contributed by atoms with Gasteiger partial charge in [0.15, 0.2) is 6.29 Å². The Labute approximate surface area is 242 Å². The summed E-state index contributed by atoms with van der Waals surface area (Å²) < 4.78 is 12.9. The van der Waals surface area contributed by atoms with Crippen LogP contribution in [-0.2, 0) is 25.7 Å². The number of aliphatic hydroxyl groups is 1. The second kappa shape index (κ2) is 14.3. The highest BCUT2D eigenvalue weighted by Gasteiger charge is 2.38. The largest absolute Gasteiger partial charge is 0.481 e. The van der Waals surface area contributed by atoms with E-state index in [-0.39, 0.29) is 55.5 Å². The first-order chi connectivity index (χ1) is 19.7. The maximum Gasteiger partial charge on any atom is 0.336 e. The van der Waals surface area contributed by atoms with Crippen molar-refractivity contribution in [3.63, 3.8) is 0 Å². The van der Waals surface area contributed by atoms with Crippen LogP contribution >= 0.6 is 11.8 Å². The molecule has 0 saturated carbocycles. The van der Waals surface area contributed by atoms with E-state index in [4.69, 9.17) is 14.6 Å². The molecular formula is C31H33NO8S. The number of aromatic carboxylic acids is 1. The maximum absolute atomic E-state index is 12.2. The lowest BCUT2D eigenvalue weighted by Crippen LogP contribution is -2.38. The van der Waals surface area contributed by atoms with Crippen molar-refractivity contribution in [3.05, 3.63) is 95.1 Å². The molecule has 0 unspecified atom stereocenters. The Morgan fingerprint density at radius 2 is 1.56 bits per heavy atom. The number of carboxylic acids is 2. The summed E-state index contributed by atoms with van der Waals surface area (Å²) >= 11 is 1.42. The number of rotatable bonds is 12. The van der Waals surface area contributed by atoms with E-state index in [1.165, 1.54) is 11.8 Å². The van der Waals surface area contributed by atoms with Crippen LogP contribution in [0.5, 0.6) is 0 Å². The average Bonchev–Trinajstić information content (AvgIpc) is 2.97. The van der Waals surface area contributed by atoms with Crippen molar-refractivity contribution in [1.29, 1.82) is 0 Å². The van der Waals surface area contributed by atoms with Gasteiger partial charge in [-0.25, -0.2) is 4.79 Å². The summed E-state index contributed by atoms with van der Waals surface area (Å²) in [5.74, 6) is -1.75. The van der Waals surface area contributed by atoms with E-state index in [1.807, 2.05) is 49.4 Å². The van der Waals surface area contributed by atoms with Crippen molar-refractivity contribution in [2.45, 2.75) is 56.2 Å². The van der Waals surface area contributed by atoms with Crippen molar-refractivity contribution >= 4 is 35.3 Å². The van der Waals surface area contributed by atoms with E-state index in [2.05, 4.69) is 5.32 Å². The predicted molar refractivity (Wildman–Crippen MR) is 154 cm³/mol. The number of benzene rings is 3. The fourth-order valence-electron chi connectivity index (χ4n) is 4.60. The normalized spacial score (nSPS) is 20.3. The van der Waals surface area contributed by atoms with Crippen LogP contribution in [0.4, 0.5) is 5.69 Å². The quantitative estimate of drug-likeness (QED) is 0.200. The zero-order chi connectivity index (χ0) is 29.4. The molecule has 3 aromatic rings. The number of anilines is 1. The van der Waals surface area contributed by atoms with Gasteiger partial charge in [-0.1, -0.05) is 55.5 Å². The number of aliphatic hydroxyl groups excluding tert-OH is 1. The zero-order valence-electron chi connectivity index (χ0n) is 22.6. The first kappa shape index (κ1) is 30.3. The fourth-order valence-corrected chi connectivity index (χ4v) is 5.81. The minimum atomic E-state index is -0.983. The van der Waals surface area contributed by atoms with Gasteiger partial charge in [-0.3, -0.25) is 9.59 Å². The van der Waals surface area contributed by atoms with Crippen LogP contribution in [0, 0.1) is 5.92 Å². The molecule has 0 bridgehead atoms. The van der Waals surface area contributed by atoms with E-state index in [1.54, 1.807) is 30.3 Å². The molecule has 216 valence electrons. The molecular weight excluding hydrogens is 546 g/mol. The summed E-state index contributed by atoms with van der Waals surface area (Å²) in [4.78, 5) is 35.2. The van der Waals surface area contributed by atoms with Crippen molar-refractivity contribution in [2.75, 3.05) is 11.1 Å². The van der Waals surface area contributed by atoms with Gasteiger partial charge in [0.2, 0.25) is 5.91 Å². The van der Waals surface area contributed by atoms with Gasteiger partial charge in [-0.2, -0.15) is 0 Å². The van der Waals surface area contributed by atoms with Crippen molar-refractivity contribution in [3.8, 4) is 0 Å². The van der Waals surface area contributed by atoms with Crippen molar-refractivity contribution < 1.29 is 39.2 Å². The molecule has 1 aliphatic rings. The summed E-state index contributed by atoms with van der Waals surface area (Å²) in [6.45, 7) is 1.98. The number of hydrogen-bond donors (Lipinski definition) is 4. The number of ether oxygens (including phenoxy) is 2. The summed E-state index contributed by atoms with van der Waals surface area (Å²) in [6, 6.07) is 21.6. The molecule has 10 heteroatoms. The lowest BCUT2D eigenvalue weighted by Gasteiger charge is -2.41. The highest BCUT2D eigenvalue weighted by atomic mass is 32.2. The van der Waals surface area contributed by atoms with Crippen LogP contribution in [0.15, 0.2) is 77.7 Å². The Morgan fingerprint density at radius 3 is 2.22 bits per heavy atom. The van der Waals surface area contributed by atoms with Gasteiger partial charge in [0.25, 0.3) is 0 Å². The Kier molecular flexibility index (Phi) is 10.5. The molecule has 0 spiro atoms. The number of amides is 1. The molecule has 3 aromatic carbocycles. The Balaban J connectivity index is 1.51. The number of carboxylic acid groups (broad SMARTS) is 2. The molecule has 1 fully saturated rings. The van der Waals surface area contributed by atoms with Crippen LogP contribution in [0.3, 0.4) is 0 Å². The molecule has 1 heterocycles. The number of carbonyl (C=O) groups is 3. The lowest BCUT2D eigenvalue weighted by molar-refractivity contribution is -0.268. The monoisotopic (exact) mass is 579 g/mol. The van der Waals surface area contributed by atoms with Crippen LogP contribution < -0.4 is 5.32 Å². The number of hydrogen-bond acceptors (Lipinski definition) is 7. The molecule has 41 heavy (non-hydrogen) atoms. The van der Waals surface area contributed by atoms with Crippen LogP contribution in [0.2, 0.25) is 0 Å². The maximum atomic E-state index is 12.2. The van der Waals surface area contributed by atoms with Gasteiger partial charge < -0.3 is 30.1 Å². The van der Waals surface area contributed by atoms with Gasteiger partial charge in [0.05, 0.1) is 24.4 Å². The SMILES string of the molecule is C[C@@H]1[C@H](CSc2ccccc2C(=O)O)O[C@H](c2ccc(NC(=O)CCCC(=O)O)cc2)O[C@@H]1c1ccc(CO)cc1. The van der Waals surface area contributed by atoms with E-state index in [0.717, 1.165) is 16.7 Å². The van der Waals surface area contributed by atoms with E-state index < -0.39 is 18.2 Å². The molecule has 4 rings (SSSR count). The third-order valence-electron chi connectivity index (χ3n) is 6.91.